The molecule has 1 nitrogen and oxygen atoms in total. The summed E-state index contributed by atoms with van der Waals surface area (Å²) in [4.78, 5) is 1.46. The lowest BCUT2D eigenvalue weighted by molar-refractivity contribution is 0.691. The molecule has 1 atom stereocenters. The molecule has 1 fully saturated rings. The van der Waals surface area contributed by atoms with Gasteiger partial charge in [0.05, 0.1) is 6.04 Å². The van der Waals surface area contributed by atoms with Crippen LogP contribution in [0.3, 0.4) is 0 Å². The summed E-state index contributed by atoms with van der Waals surface area (Å²) in [5, 5.41) is 5.87. The van der Waals surface area contributed by atoms with E-state index in [2.05, 4.69) is 63.9 Å². The second-order valence-corrected chi connectivity index (χ2v) is 6.77. The highest BCUT2D eigenvalue weighted by molar-refractivity contribution is 9.10. The highest BCUT2D eigenvalue weighted by atomic mass is 79.9. The summed E-state index contributed by atoms with van der Waals surface area (Å²) in [5.41, 5.74) is 2.50. The van der Waals surface area contributed by atoms with Crippen LogP contribution in [0.25, 0.3) is 0 Å². The van der Waals surface area contributed by atoms with Crippen LogP contribution in [0.4, 0.5) is 5.69 Å². The number of aryl methyl sites for hydroxylation is 1. The SMILES string of the molecule is Cc1cc(NC(c2cccs2)C2CC2)ccc1Br. The van der Waals surface area contributed by atoms with E-state index in [0.29, 0.717) is 6.04 Å². The van der Waals surface area contributed by atoms with Gasteiger partial charge >= 0.3 is 0 Å². The predicted octanol–water partition coefficient (Wildman–Crippen LogP) is 5.38. The Morgan fingerprint density at radius 1 is 1.33 bits per heavy atom. The molecule has 3 rings (SSSR count). The minimum absolute atomic E-state index is 0.491. The third kappa shape index (κ3) is 2.62. The van der Waals surface area contributed by atoms with Crippen LogP contribution in [0.1, 0.15) is 29.3 Å². The number of rotatable bonds is 4. The Morgan fingerprint density at radius 3 is 2.78 bits per heavy atom. The van der Waals surface area contributed by atoms with Gasteiger partial charge in [0, 0.05) is 15.0 Å². The van der Waals surface area contributed by atoms with Gasteiger partial charge in [0.25, 0.3) is 0 Å². The molecule has 2 aromatic rings. The van der Waals surface area contributed by atoms with Crippen LogP contribution in [-0.2, 0) is 0 Å². The highest BCUT2D eigenvalue weighted by Crippen LogP contribution is 2.44. The van der Waals surface area contributed by atoms with Gasteiger partial charge in [-0.3, -0.25) is 0 Å². The Kier molecular flexibility index (Phi) is 3.44. The van der Waals surface area contributed by atoms with E-state index in [1.807, 2.05) is 11.3 Å². The summed E-state index contributed by atoms with van der Waals surface area (Å²) in [7, 11) is 0. The quantitative estimate of drug-likeness (QED) is 0.796. The van der Waals surface area contributed by atoms with Gasteiger partial charge in [0.15, 0.2) is 0 Å². The molecule has 1 heterocycles. The van der Waals surface area contributed by atoms with E-state index in [-0.39, 0.29) is 0 Å². The average molecular weight is 322 g/mol. The topological polar surface area (TPSA) is 12.0 Å². The van der Waals surface area contributed by atoms with Crippen molar-refractivity contribution >= 4 is 33.0 Å². The third-order valence-corrected chi connectivity index (χ3v) is 5.27. The summed E-state index contributed by atoms with van der Waals surface area (Å²) in [6.45, 7) is 2.13. The van der Waals surface area contributed by atoms with Gasteiger partial charge in [-0.2, -0.15) is 0 Å². The maximum absolute atomic E-state index is 3.70. The summed E-state index contributed by atoms with van der Waals surface area (Å²) >= 11 is 5.40. The normalized spacial score (nSPS) is 16.6. The maximum Gasteiger partial charge on any atom is 0.0634 e. The van der Waals surface area contributed by atoms with Crippen molar-refractivity contribution in [2.45, 2.75) is 25.8 Å². The molecule has 3 heteroatoms. The molecule has 0 saturated heterocycles. The Balaban J connectivity index is 1.82. The number of thiophene rings is 1. The van der Waals surface area contributed by atoms with Gasteiger partial charge < -0.3 is 5.32 Å². The first-order valence-electron chi connectivity index (χ1n) is 6.30. The molecule has 0 radical (unpaired) electrons. The lowest BCUT2D eigenvalue weighted by Crippen LogP contribution is -2.11. The Labute approximate surface area is 120 Å². The molecule has 0 bridgehead atoms. The zero-order valence-corrected chi connectivity index (χ0v) is 12.7. The zero-order valence-electron chi connectivity index (χ0n) is 10.3. The van der Waals surface area contributed by atoms with Crippen molar-refractivity contribution in [1.82, 2.24) is 0 Å². The molecule has 1 aliphatic carbocycles. The van der Waals surface area contributed by atoms with Crippen molar-refractivity contribution in [3.63, 3.8) is 0 Å². The van der Waals surface area contributed by atoms with Crippen molar-refractivity contribution in [3.05, 3.63) is 50.6 Å². The molecule has 1 N–H and O–H groups in total. The fraction of sp³-hybridized carbons (Fsp3) is 0.333. The van der Waals surface area contributed by atoms with E-state index in [9.17, 15) is 0 Å². The van der Waals surface area contributed by atoms with Gasteiger partial charge in [0.1, 0.15) is 0 Å². The molecule has 0 amide bonds. The lowest BCUT2D eigenvalue weighted by atomic mass is 10.1. The monoisotopic (exact) mass is 321 g/mol. The lowest BCUT2D eigenvalue weighted by Gasteiger charge is -2.19. The van der Waals surface area contributed by atoms with Crippen molar-refractivity contribution in [1.29, 1.82) is 0 Å². The van der Waals surface area contributed by atoms with Crippen LogP contribution in [0, 0.1) is 12.8 Å². The molecular weight excluding hydrogens is 306 g/mol. The number of halogens is 1. The van der Waals surface area contributed by atoms with E-state index in [1.54, 1.807) is 0 Å². The second-order valence-electron chi connectivity index (χ2n) is 4.94. The van der Waals surface area contributed by atoms with Crippen LogP contribution < -0.4 is 5.32 Å². The maximum atomic E-state index is 3.70. The Bertz CT molecular complexity index is 531. The van der Waals surface area contributed by atoms with Gasteiger partial charge in [-0.05, 0) is 60.9 Å². The summed E-state index contributed by atoms with van der Waals surface area (Å²) in [6.07, 6.45) is 2.70. The Hall–Kier alpha value is -0.800. The van der Waals surface area contributed by atoms with Crippen molar-refractivity contribution in [2.24, 2.45) is 5.92 Å². The summed E-state index contributed by atoms with van der Waals surface area (Å²) < 4.78 is 1.17. The van der Waals surface area contributed by atoms with Crippen LogP contribution in [0.15, 0.2) is 40.2 Å². The molecule has 0 aliphatic heterocycles. The minimum atomic E-state index is 0.491. The van der Waals surface area contributed by atoms with Crippen molar-refractivity contribution in [3.8, 4) is 0 Å². The largest absolute Gasteiger partial charge is 0.377 e. The molecule has 1 unspecified atom stereocenters. The van der Waals surface area contributed by atoms with E-state index in [1.165, 1.54) is 33.4 Å². The van der Waals surface area contributed by atoms with E-state index >= 15 is 0 Å². The minimum Gasteiger partial charge on any atom is -0.377 e. The first-order chi connectivity index (χ1) is 8.74. The first kappa shape index (κ1) is 12.2. The van der Waals surface area contributed by atoms with Gasteiger partial charge in [-0.15, -0.1) is 11.3 Å². The molecule has 94 valence electrons. The molecule has 1 aliphatic rings. The van der Waals surface area contributed by atoms with Crippen molar-refractivity contribution < 1.29 is 0 Å². The second kappa shape index (κ2) is 5.06. The Morgan fingerprint density at radius 2 is 2.17 bits per heavy atom. The van der Waals surface area contributed by atoms with Crippen LogP contribution in [0.5, 0.6) is 0 Å². The van der Waals surface area contributed by atoms with Crippen LogP contribution in [0.2, 0.25) is 0 Å². The zero-order chi connectivity index (χ0) is 12.5. The number of nitrogens with one attached hydrogen (secondary N) is 1. The fourth-order valence-corrected chi connectivity index (χ4v) is 3.35. The van der Waals surface area contributed by atoms with Gasteiger partial charge in [-0.25, -0.2) is 0 Å². The number of benzene rings is 1. The molecule has 0 spiro atoms. The molecule has 18 heavy (non-hydrogen) atoms. The summed E-state index contributed by atoms with van der Waals surface area (Å²) in [5.74, 6) is 0.813. The highest BCUT2D eigenvalue weighted by Gasteiger charge is 2.32. The fourth-order valence-electron chi connectivity index (χ4n) is 2.23. The standard InChI is InChI=1S/C15H16BrNS/c1-10-9-12(6-7-13(10)16)17-15(11-4-5-11)14-3-2-8-18-14/h2-3,6-9,11,15,17H,4-5H2,1H3. The van der Waals surface area contributed by atoms with E-state index < -0.39 is 0 Å². The number of hydrogen-bond donors (Lipinski definition) is 1. The van der Waals surface area contributed by atoms with E-state index in [4.69, 9.17) is 0 Å². The third-order valence-electron chi connectivity index (χ3n) is 3.42. The van der Waals surface area contributed by atoms with E-state index in [0.717, 1.165) is 5.92 Å². The van der Waals surface area contributed by atoms with Gasteiger partial charge in [0.2, 0.25) is 0 Å². The van der Waals surface area contributed by atoms with Crippen LogP contribution >= 0.6 is 27.3 Å². The average Bonchev–Trinajstić information content (AvgIpc) is 3.05. The summed E-state index contributed by atoms with van der Waals surface area (Å²) in [6, 6.07) is 11.4. The van der Waals surface area contributed by atoms with Gasteiger partial charge in [-0.1, -0.05) is 22.0 Å². The molecule has 1 saturated carbocycles. The predicted molar refractivity (Wildman–Crippen MR) is 82.3 cm³/mol. The van der Waals surface area contributed by atoms with Crippen molar-refractivity contribution in [2.75, 3.05) is 5.32 Å². The molecule has 1 aromatic carbocycles. The number of hydrogen-bond acceptors (Lipinski definition) is 2. The molecular formula is C15H16BrNS. The molecule has 1 aromatic heterocycles. The van der Waals surface area contributed by atoms with Crippen LogP contribution in [-0.4, -0.2) is 0 Å². The first-order valence-corrected chi connectivity index (χ1v) is 7.97. The smallest absolute Gasteiger partial charge is 0.0634 e. The number of anilines is 1.